The first kappa shape index (κ1) is 9.02. The molecule has 1 aliphatic rings. The number of rotatable bonds is 2. The molecule has 74 valence electrons. The summed E-state index contributed by atoms with van der Waals surface area (Å²) in [4.78, 5) is 10.3. The molecule has 1 aromatic carbocycles. The average Bonchev–Trinajstić information content (AvgIpc) is 2.83. The van der Waals surface area contributed by atoms with E-state index in [0.29, 0.717) is 11.6 Å². The molecule has 1 amide bonds. The number of carboxylic acid groups (broad SMARTS) is 1. The fraction of sp³-hybridized carbons (Fsp3) is 0.300. The summed E-state index contributed by atoms with van der Waals surface area (Å²) in [6, 6.07) is 7.64. The van der Waals surface area contributed by atoms with Gasteiger partial charge >= 0.3 is 6.09 Å². The van der Waals surface area contributed by atoms with Gasteiger partial charge in [-0.3, -0.25) is 5.32 Å². The van der Waals surface area contributed by atoms with E-state index in [0.717, 1.165) is 6.42 Å². The summed E-state index contributed by atoms with van der Waals surface area (Å²) in [6.07, 6.45) is -0.00742. The average molecular weight is 192 g/mol. The number of amides is 1. The Bertz CT molecular complexity index is 348. The van der Waals surface area contributed by atoms with Crippen molar-refractivity contribution >= 4 is 11.8 Å². The van der Waals surface area contributed by atoms with Gasteiger partial charge in [-0.25, -0.2) is 4.79 Å². The first-order chi connectivity index (χ1) is 6.66. The SMILES string of the molecule is NC1CC1c1ccc(NC(=O)O)cc1. The van der Waals surface area contributed by atoms with Gasteiger partial charge < -0.3 is 10.8 Å². The molecule has 14 heavy (non-hydrogen) atoms. The van der Waals surface area contributed by atoms with E-state index in [1.807, 2.05) is 12.1 Å². The number of nitrogens with one attached hydrogen (secondary N) is 1. The van der Waals surface area contributed by atoms with Gasteiger partial charge in [0.05, 0.1) is 0 Å². The van der Waals surface area contributed by atoms with E-state index in [2.05, 4.69) is 5.32 Å². The standard InChI is InChI=1S/C10H12N2O2/c11-9-5-8(9)6-1-3-7(4-2-6)12-10(13)14/h1-4,8-9,12H,5,11H2,(H,13,14). The highest BCUT2D eigenvalue weighted by Crippen LogP contribution is 2.39. The topological polar surface area (TPSA) is 75.3 Å². The van der Waals surface area contributed by atoms with Crippen molar-refractivity contribution in [3.05, 3.63) is 29.8 Å². The Kier molecular flexibility index (Phi) is 2.13. The molecule has 0 bridgehead atoms. The summed E-state index contributed by atoms with van der Waals surface area (Å²) in [5, 5.41) is 10.8. The smallest absolute Gasteiger partial charge is 0.409 e. The second kappa shape index (κ2) is 3.31. The molecule has 1 aromatic rings. The van der Waals surface area contributed by atoms with Gasteiger partial charge in [0.15, 0.2) is 0 Å². The molecule has 2 unspecified atom stereocenters. The molecule has 1 aliphatic carbocycles. The van der Waals surface area contributed by atoms with Crippen LogP contribution in [-0.4, -0.2) is 17.2 Å². The normalized spacial score (nSPS) is 24.4. The minimum atomic E-state index is -1.04. The maximum atomic E-state index is 10.3. The van der Waals surface area contributed by atoms with Crippen LogP contribution in [-0.2, 0) is 0 Å². The highest BCUT2D eigenvalue weighted by atomic mass is 16.4. The zero-order chi connectivity index (χ0) is 10.1. The Morgan fingerprint density at radius 3 is 2.43 bits per heavy atom. The zero-order valence-electron chi connectivity index (χ0n) is 7.60. The van der Waals surface area contributed by atoms with Crippen LogP contribution in [0.5, 0.6) is 0 Å². The van der Waals surface area contributed by atoms with Gasteiger partial charge in [-0.1, -0.05) is 12.1 Å². The molecule has 0 saturated heterocycles. The number of hydrogen-bond acceptors (Lipinski definition) is 2. The predicted molar refractivity (Wildman–Crippen MR) is 53.4 cm³/mol. The fourth-order valence-corrected chi connectivity index (χ4v) is 1.54. The molecule has 0 aromatic heterocycles. The first-order valence-electron chi connectivity index (χ1n) is 4.52. The van der Waals surface area contributed by atoms with E-state index in [-0.39, 0.29) is 6.04 Å². The third-order valence-electron chi connectivity index (χ3n) is 2.43. The Morgan fingerprint density at radius 2 is 2.00 bits per heavy atom. The van der Waals surface area contributed by atoms with Crippen LogP contribution in [0.4, 0.5) is 10.5 Å². The maximum absolute atomic E-state index is 10.3. The quantitative estimate of drug-likeness (QED) is 0.666. The van der Waals surface area contributed by atoms with Crippen molar-refractivity contribution in [1.82, 2.24) is 0 Å². The number of benzene rings is 1. The Morgan fingerprint density at radius 1 is 1.43 bits per heavy atom. The van der Waals surface area contributed by atoms with Crippen LogP contribution in [0.2, 0.25) is 0 Å². The Labute approximate surface area is 81.7 Å². The molecule has 2 atom stereocenters. The number of nitrogens with two attached hydrogens (primary N) is 1. The molecule has 1 saturated carbocycles. The van der Waals surface area contributed by atoms with Crippen LogP contribution in [0.15, 0.2) is 24.3 Å². The first-order valence-corrected chi connectivity index (χ1v) is 4.52. The molecule has 4 heteroatoms. The molecule has 0 spiro atoms. The molecule has 1 fully saturated rings. The second-order valence-corrected chi connectivity index (χ2v) is 3.56. The van der Waals surface area contributed by atoms with Crippen LogP contribution in [0.3, 0.4) is 0 Å². The summed E-state index contributed by atoms with van der Waals surface area (Å²) in [7, 11) is 0. The van der Waals surface area contributed by atoms with Crippen molar-refractivity contribution in [3.63, 3.8) is 0 Å². The summed E-state index contributed by atoms with van der Waals surface area (Å²) < 4.78 is 0. The largest absolute Gasteiger partial charge is 0.465 e. The van der Waals surface area contributed by atoms with Crippen molar-refractivity contribution in [2.45, 2.75) is 18.4 Å². The lowest BCUT2D eigenvalue weighted by Crippen LogP contribution is -2.07. The van der Waals surface area contributed by atoms with Crippen LogP contribution < -0.4 is 11.1 Å². The van der Waals surface area contributed by atoms with Gasteiger partial charge in [-0.15, -0.1) is 0 Å². The fourth-order valence-electron chi connectivity index (χ4n) is 1.54. The van der Waals surface area contributed by atoms with Crippen molar-refractivity contribution < 1.29 is 9.90 Å². The van der Waals surface area contributed by atoms with E-state index >= 15 is 0 Å². The molecule has 2 rings (SSSR count). The van der Waals surface area contributed by atoms with Gasteiger partial charge in [0.25, 0.3) is 0 Å². The summed E-state index contributed by atoms with van der Waals surface area (Å²) in [5.74, 6) is 0.467. The highest BCUT2D eigenvalue weighted by Gasteiger charge is 2.34. The molecule has 4 N–H and O–H groups in total. The van der Waals surface area contributed by atoms with Gasteiger partial charge in [-0.2, -0.15) is 0 Å². The molecule has 0 aliphatic heterocycles. The van der Waals surface area contributed by atoms with Gasteiger partial charge in [0.2, 0.25) is 0 Å². The van der Waals surface area contributed by atoms with Crippen molar-refractivity contribution in [3.8, 4) is 0 Å². The summed E-state index contributed by atoms with van der Waals surface area (Å²) in [5.41, 5.74) is 7.49. The van der Waals surface area contributed by atoms with Crippen LogP contribution in [0.25, 0.3) is 0 Å². The third-order valence-corrected chi connectivity index (χ3v) is 2.43. The minimum absolute atomic E-state index is 0.285. The predicted octanol–water partition coefficient (Wildman–Crippen LogP) is 1.59. The lowest BCUT2D eigenvalue weighted by Gasteiger charge is -2.02. The highest BCUT2D eigenvalue weighted by molar-refractivity contribution is 5.82. The van der Waals surface area contributed by atoms with Crippen LogP contribution >= 0.6 is 0 Å². The van der Waals surface area contributed by atoms with E-state index in [4.69, 9.17) is 10.8 Å². The van der Waals surface area contributed by atoms with Crippen molar-refractivity contribution in [1.29, 1.82) is 0 Å². The van der Waals surface area contributed by atoms with E-state index in [9.17, 15) is 4.79 Å². The van der Waals surface area contributed by atoms with Crippen LogP contribution in [0.1, 0.15) is 17.9 Å². The lowest BCUT2D eigenvalue weighted by molar-refractivity contribution is 0.210. The molecule has 4 nitrogen and oxygen atoms in total. The summed E-state index contributed by atoms with van der Waals surface area (Å²) >= 11 is 0. The molecule has 0 heterocycles. The molecular formula is C10H12N2O2. The minimum Gasteiger partial charge on any atom is -0.465 e. The Balaban J connectivity index is 2.06. The van der Waals surface area contributed by atoms with Crippen molar-refractivity contribution in [2.24, 2.45) is 5.73 Å². The maximum Gasteiger partial charge on any atom is 0.409 e. The van der Waals surface area contributed by atoms with E-state index in [1.54, 1.807) is 12.1 Å². The zero-order valence-corrected chi connectivity index (χ0v) is 7.60. The van der Waals surface area contributed by atoms with Crippen LogP contribution in [0, 0.1) is 0 Å². The monoisotopic (exact) mass is 192 g/mol. The number of carbonyl (C=O) groups is 1. The Hall–Kier alpha value is -1.55. The third kappa shape index (κ3) is 1.85. The number of anilines is 1. The van der Waals surface area contributed by atoms with Gasteiger partial charge in [-0.05, 0) is 24.1 Å². The lowest BCUT2D eigenvalue weighted by atomic mass is 10.1. The summed E-state index contributed by atoms with van der Waals surface area (Å²) in [6.45, 7) is 0. The van der Waals surface area contributed by atoms with Gasteiger partial charge in [0, 0.05) is 17.6 Å². The second-order valence-electron chi connectivity index (χ2n) is 3.56. The van der Waals surface area contributed by atoms with Gasteiger partial charge in [0.1, 0.15) is 0 Å². The molecular weight excluding hydrogens is 180 g/mol. The van der Waals surface area contributed by atoms with E-state index < -0.39 is 6.09 Å². The number of hydrogen-bond donors (Lipinski definition) is 3. The van der Waals surface area contributed by atoms with Crippen molar-refractivity contribution in [2.75, 3.05) is 5.32 Å². The van der Waals surface area contributed by atoms with E-state index in [1.165, 1.54) is 5.56 Å². The molecule has 0 radical (unpaired) electrons.